The van der Waals surface area contributed by atoms with Gasteiger partial charge >= 0.3 is 0 Å². The second-order valence-corrected chi connectivity index (χ2v) is 6.05. The van der Waals surface area contributed by atoms with Gasteiger partial charge in [-0.05, 0) is 48.5 Å². The number of hydrogen-bond acceptors (Lipinski definition) is 3. The van der Waals surface area contributed by atoms with Crippen LogP contribution in [-0.4, -0.2) is 21.3 Å². The largest absolute Gasteiger partial charge is 0.309 e. The molecule has 1 N–H and O–H groups in total. The zero-order valence-electron chi connectivity index (χ0n) is 12.5. The molecular formula is C15H20BrClN4. The molecule has 0 aliphatic heterocycles. The quantitative estimate of drug-likeness (QED) is 0.837. The summed E-state index contributed by atoms with van der Waals surface area (Å²) >= 11 is 9.95. The van der Waals surface area contributed by atoms with Crippen LogP contribution < -0.4 is 5.32 Å². The lowest BCUT2D eigenvalue weighted by Crippen LogP contribution is -2.25. The number of hydrogen-bond donors (Lipinski definition) is 1. The minimum atomic E-state index is 0.0707. The SMILES string of the molecule is CCNC(Cc1c(Br)c(C)nn1CC)c1ncccc1Cl. The molecule has 0 fully saturated rings. The molecule has 0 saturated carbocycles. The number of pyridine rings is 1. The zero-order valence-corrected chi connectivity index (χ0v) is 14.9. The van der Waals surface area contributed by atoms with E-state index in [9.17, 15) is 0 Å². The normalized spacial score (nSPS) is 12.6. The summed E-state index contributed by atoms with van der Waals surface area (Å²) in [6.45, 7) is 7.89. The average molecular weight is 372 g/mol. The van der Waals surface area contributed by atoms with Gasteiger partial charge in [0.15, 0.2) is 0 Å². The van der Waals surface area contributed by atoms with E-state index in [1.54, 1.807) is 6.20 Å². The van der Waals surface area contributed by atoms with Gasteiger partial charge in [-0.1, -0.05) is 18.5 Å². The number of nitrogens with zero attached hydrogens (tertiary/aromatic N) is 3. The van der Waals surface area contributed by atoms with Crippen molar-refractivity contribution in [3.63, 3.8) is 0 Å². The fraction of sp³-hybridized carbons (Fsp3) is 0.467. The molecule has 2 aromatic rings. The van der Waals surface area contributed by atoms with Gasteiger partial charge in [0.25, 0.3) is 0 Å². The van der Waals surface area contributed by atoms with Crippen molar-refractivity contribution >= 4 is 27.5 Å². The van der Waals surface area contributed by atoms with Crippen molar-refractivity contribution in [1.82, 2.24) is 20.1 Å². The van der Waals surface area contributed by atoms with E-state index in [2.05, 4.69) is 45.2 Å². The smallest absolute Gasteiger partial charge is 0.0762 e. The Morgan fingerprint density at radius 1 is 1.43 bits per heavy atom. The van der Waals surface area contributed by atoms with E-state index in [1.807, 2.05) is 23.7 Å². The highest BCUT2D eigenvalue weighted by atomic mass is 79.9. The molecule has 21 heavy (non-hydrogen) atoms. The Labute approximate surface area is 139 Å². The first kappa shape index (κ1) is 16.5. The van der Waals surface area contributed by atoms with Crippen molar-refractivity contribution < 1.29 is 0 Å². The van der Waals surface area contributed by atoms with Crippen LogP contribution in [-0.2, 0) is 13.0 Å². The topological polar surface area (TPSA) is 42.7 Å². The van der Waals surface area contributed by atoms with Gasteiger partial charge in [-0.15, -0.1) is 0 Å². The molecule has 0 bridgehead atoms. The van der Waals surface area contributed by atoms with E-state index < -0.39 is 0 Å². The van der Waals surface area contributed by atoms with Gasteiger partial charge < -0.3 is 5.32 Å². The van der Waals surface area contributed by atoms with E-state index in [-0.39, 0.29) is 6.04 Å². The molecule has 0 aliphatic carbocycles. The predicted octanol–water partition coefficient (Wildman–Crippen LogP) is 3.92. The Morgan fingerprint density at radius 2 is 2.19 bits per heavy atom. The number of halogens is 2. The molecule has 2 heterocycles. The first-order valence-electron chi connectivity index (χ1n) is 7.14. The Balaban J connectivity index is 2.35. The number of aryl methyl sites for hydroxylation is 2. The third-order valence-electron chi connectivity index (χ3n) is 3.42. The standard InChI is InChI=1S/C15H20BrClN4/c1-4-18-12(15-11(17)7-6-8-19-15)9-13-14(16)10(3)20-21(13)5-2/h6-8,12,18H,4-5,9H2,1-3H3. The molecule has 0 aliphatic rings. The van der Waals surface area contributed by atoms with Crippen molar-refractivity contribution in [3.8, 4) is 0 Å². The monoisotopic (exact) mass is 370 g/mol. The lowest BCUT2D eigenvalue weighted by molar-refractivity contribution is 0.506. The molecule has 0 saturated heterocycles. The van der Waals surface area contributed by atoms with E-state index in [1.165, 1.54) is 5.69 Å². The van der Waals surface area contributed by atoms with Crippen LogP contribution in [0.4, 0.5) is 0 Å². The highest BCUT2D eigenvalue weighted by Gasteiger charge is 2.21. The number of rotatable bonds is 6. The summed E-state index contributed by atoms with van der Waals surface area (Å²) in [7, 11) is 0. The molecule has 4 nitrogen and oxygen atoms in total. The van der Waals surface area contributed by atoms with Gasteiger partial charge in [-0.3, -0.25) is 9.67 Å². The van der Waals surface area contributed by atoms with Gasteiger partial charge in [-0.2, -0.15) is 5.10 Å². The first-order chi connectivity index (χ1) is 10.1. The minimum Gasteiger partial charge on any atom is -0.309 e. The molecule has 2 rings (SSSR count). The van der Waals surface area contributed by atoms with Crippen LogP contribution in [0.1, 0.15) is 37.0 Å². The van der Waals surface area contributed by atoms with Crippen LogP contribution >= 0.6 is 27.5 Å². The summed E-state index contributed by atoms with van der Waals surface area (Å²) in [6.07, 6.45) is 2.57. The maximum Gasteiger partial charge on any atom is 0.0762 e. The number of nitrogens with one attached hydrogen (secondary N) is 1. The highest BCUT2D eigenvalue weighted by Crippen LogP contribution is 2.28. The highest BCUT2D eigenvalue weighted by molar-refractivity contribution is 9.10. The molecule has 0 amide bonds. The fourth-order valence-electron chi connectivity index (χ4n) is 2.42. The van der Waals surface area contributed by atoms with Gasteiger partial charge in [0, 0.05) is 19.2 Å². The molecular weight excluding hydrogens is 352 g/mol. The molecule has 2 aromatic heterocycles. The van der Waals surface area contributed by atoms with Crippen molar-refractivity contribution in [2.75, 3.05) is 6.54 Å². The third-order valence-corrected chi connectivity index (χ3v) is 4.77. The van der Waals surface area contributed by atoms with Gasteiger partial charge in [0.05, 0.1) is 32.6 Å². The Hall–Kier alpha value is -0.910. The summed E-state index contributed by atoms with van der Waals surface area (Å²) < 4.78 is 3.10. The van der Waals surface area contributed by atoms with Crippen LogP contribution in [0.2, 0.25) is 5.02 Å². The van der Waals surface area contributed by atoms with Crippen LogP contribution in [0.5, 0.6) is 0 Å². The number of aromatic nitrogens is 3. The van der Waals surface area contributed by atoms with Crippen molar-refractivity contribution in [3.05, 3.63) is 44.9 Å². The molecule has 114 valence electrons. The Bertz CT molecular complexity index is 612. The number of likely N-dealkylation sites (N-methyl/N-ethyl adjacent to an activating group) is 1. The van der Waals surface area contributed by atoms with E-state index in [0.717, 1.165) is 35.4 Å². The van der Waals surface area contributed by atoms with Gasteiger partial charge in [0.1, 0.15) is 0 Å². The van der Waals surface area contributed by atoms with Crippen molar-refractivity contribution in [2.24, 2.45) is 0 Å². The predicted molar refractivity (Wildman–Crippen MR) is 89.7 cm³/mol. The summed E-state index contributed by atoms with van der Waals surface area (Å²) in [5, 5.41) is 8.71. The first-order valence-corrected chi connectivity index (χ1v) is 8.31. The van der Waals surface area contributed by atoms with Crippen LogP contribution in [0.3, 0.4) is 0 Å². The van der Waals surface area contributed by atoms with Crippen LogP contribution in [0, 0.1) is 6.92 Å². The summed E-state index contributed by atoms with van der Waals surface area (Å²) in [6, 6.07) is 3.80. The zero-order chi connectivity index (χ0) is 15.4. The maximum atomic E-state index is 6.30. The van der Waals surface area contributed by atoms with E-state index >= 15 is 0 Å². The summed E-state index contributed by atoms with van der Waals surface area (Å²) in [5.41, 5.74) is 3.06. The molecule has 6 heteroatoms. The lowest BCUT2D eigenvalue weighted by atomic mass is 10.1. The summed E-state index contributed by atoms with van der Waals surface area (Å²) in [5.74, 6) is 0. The van der Waals surface area contributed by atoms with Crippen molar-refractivity contribution in [2.45, 2.75) is 39.8 Å². The third kappa shape index (κ3) is 3.65. The minimum absolute atomic E-state index is 0.0707. The van der Waals surface area contributed by atoms with Gasteiger partial charge in [-0.25, -0.2) is 0 Å². The molecule has 0 spiro atoms. The van der Waals surface area contributed by atoms with E-state index in [4.69, 9.17) is 11.6 Å². The fourth-order valence-corrected chi connectivity index (χ4v) is 3.12. The summed E-state index contributed by atoms with van der Waals surface area (Å²) in [4.78, 5) is 4.45. The van der Waals surface area contributed by atoms with Gasteiger partial charge in [0.2, 0.25) is 0 Å². The molecule has 1 atom stereocenters. The Morgan fingerprint density at radius 3 is 2.81 bits per heavy atom. The lowest BCUT2D eigenvalue weighted by Gasteiger charge is -2.19. The molecule has 0 aromatic carbocycles. The van der Waals surface area contributed by atoms with E-state index in [0.29, 0.717) is 5.02 Å². The van der Waals surface area contributed by atoms with Crippen LogP contribution in [0.15, 0.2) is 22.8 Å². The Kier molecular flexibility index (Phi) is 5.79. The second kappa shape index (κ2) is 7.38. The van der Waals surface area contributed by atoms with Crippen LogP contribution in [0.25, 0.3) is 0 Å². The second-order valence-electron chi connectivity index (χ2n) is 4.85. The average Bonchev–Trinajstić information content (AvgIpc) is 2.75. The maximum absolute atomic E-state index is 6.30. The van der Waals surface area contributed by atoms with Crippen molar-refractivity contribution in [1.29, 1.82) is 0 Å². The molecule has 0 radical (unpaired) electrons. The molecule has 1 unspecified atom stereocenters.